The van der Waals surface area contributed by atoms with Crippen LogP contribution in [0.25, 0.3) is 17.0 Å². The lowest BCUT2D eigenvalue weighted by atomic mass is 10.1. The molecule has 1 aromatic carbocycles. The van der Waals surface area contributed by atoms with Crippen LogP contribution >= 0.6 is 11.6 Å². The summed E-state index contributed by atoms with van der Waals surface area (Å²) in [6, 6.07) is 13.4. The molecule has 0 saturated heterocycles. The molecule has 154 valence electrons. The summed E-state index contributed by atoms with van der Waals surface area (Å²) >= 11 is 6.14. The van der Waals surface area contributed by atoms with Crippen molar-refractivity contribution in [2.24, 2.45) is 17.8 Å². The number of hydrogen-bond donors (Lipinski definition) is 1. The number of allylic oxidation sites excluding steroid dienone is 2. The zero-order valence-corrected chi connectivity index (χ0v) is 17.8. The lowest BCUT2D eigenvalue weighted by Gasteiger charge is -2.11. The van der Waals surface area contributed by atoms with Gasteiger partial charge in [-0.3, -0.25) is 4.99 Å². The van der Waals surface area contributed by atoms with Crippen LogP contribution in [0.1, 0.15) is 18.9 Å². The number of ether oxygens (including phenoxy) is 1. The van der Waals surface area contributed by atoms with Crippen LogP contribution in [0.3, 0.4) is 0 Å². The zero-order valence-electron chi connectivity index (χ0n) is 17.0. The first-order chi connectivity index (χ1) is 14.5. The normalized spacial score (nSPS) is 12.1. The van der Waals surface area contributed by atoms with Crippen molar-refractivity contribution < 1.29 is 4.74 Å². The average molecular weight is 422 g/mol. The van der Waals surface area contributed by atoms with Gasteiger partial charge in [-0.05, 0) is 32.7 Å². The molecule has 3 aromatic rings. The molecule has 0 bridgehead atoms. The summed E-state index contributed by atoms with van der Waals surface area (Å²) in [7, 11) is 1.83. The maximum Gasteiger partial charge on any atom is 0.218 e. The third kappa shape index (κ3) is 5.23. The molecular formula is C23H24ClN5O. The van der Waals surface area contributed by atoms with Crippen molar-refractivity contribution in [2.75, 3.05) is 6.54 Å². The highest BCUT2D eigenvalue weighted by atomic mass is 35.5. The van der Waals surface area contributed by atoms with E-state index in [1.807, 2.05) is 62.5 Å². The SMILES string of the molecule is C=N/C(=C\C=C(/C)CCN)c1cnc(Cl)cc1Oc1cc(-c2ccccc2)nn1C. The minimum absolute atomic E-state index is 0.317. The van der Waals surface area contributed by atoms with Gasteiger partial charge < -0.3 is 10.5 Å². The van der Waals surface area contributed by atoms with Crippen LogP contribution in [-0.2, 0) is 7.05 Å². The number of aliphatic imine (C=N–C) groups is 1. The Bertz CT molecular complexity index is 1090. The van der Waals surface area contributed by atoms with E-state index in [1.54, 1.807) is 16.9 Å². The Labute approximate surface area is 181 Å². The van der Waals surface area contributed by atoms with Crippen LogP contribution in [0.4, 0.5) is 0 Å². The van der Waals surface area contributed by atoms with Crippen molar-refractivity contribution in [3.05, 3.63) is 77.1 Å². The number of aromatic nitrogens is 3. The first-order valence-electron chi connectivity index (χ1n) is 9.49. The Morgan fingerprint density at radius 1 is 1.27 bits per heavy atom. The molecule has 0 aliphatic rings. The van der Waals surface area contributed by atoms with Gasteiger partial charge in [-0.15, -0.1) is 0 Å². The van der Waals surface area contributed by atoms with Crippen LogP contribution in [0, 0.1) is 0 Å². The second-order valence-electron chi connectivity index (χ2n) is 6.72. The van der Waals surface area contributed by atoms with E-state index in [1.165, 1.54) is 0 Å². The van der Waals surface area contributed by atoms with Gasteiger partial charge in [-0.25, -0.2) is 9.67 Å². The standard InChI is InChI=1S/C23H24ClN5O/c1-16(11-12-25)9-10-19(26-2)18-15-27-22(24)14-21(18)30-23-13-20(28-29(23)3)17-7-5-4-6-8-17/h4-10,13-15H,2,11-12,25H2,1,3H3/b16-9+,19-10-. The van der Waals surface area contributed by atoms with E-state index in [4.69, 9.17) is 22.1 Å². The topological polar surface area (TPSA) is 78.3 Å². The van der Waals surface area contributed by atoms with E-state index >= 15 is 0 Å². The molecule has 6 nitrogen and oxygen atoms in total. The third-order valence-corrected chi connectivity index (χ3v) is 4.67. The summed E-state index contributed by atoms with van der Waals surface area (Å²) in [5, 5.41) is 4.86. The van der Waals surface area contributed by atoms with Crippen LogP contribution in [0.2, 0.25) is 5.15 Å². The van der Waals surface area contributed by atoms with Crippen LogP contribution < -0.4 is 10.5 Å². The molecule has 7 heteroatoms. The molecule has 0 spiro atoms. The molecule has 0 aliphatic carbocycles. The Kier molecular flexibility index (Phi) is 7.17. The lowest BCUT2D eigenvalue weighted by molar-refractivity contribution is 0.429. The summed E-state index contributed by atoms with van der Waals surface area (Å²) < 4.78 is 7.84. The number of halogens is 1. The summed E-state index contributed by atoms with van der Waals surface area (Å²) in [5.41, 5.74) is 9.87. The second-order valence-corrected chi connectivity index (χ2v) is 7.11. The van der Waals surface area contributed by atoms with E-state index in [0.29, 0.717) is 34.6 Å². The van der Waals surface area contributed by atoms with Crippen molar-refractivity contribution in [1.82, 2.24) is 14.8 Å². The van der Waals surface area contributed by atoms with Gasteiger partial charge in [0.1, 0.15) is 10.9 Å². The van der Waals surface area contributed by atoms with E-state index in [-0.39, 0.29) is 0 Å². The highest BCUT2D eigenvalue weighted by Crippen LogP contribution is 2.33. The predicted molar refractivity (Wildman–Crippen MR) is 123 cm³/mol. The summed E-state index contributed by atoms with van der Waals surface area (Å²) in [6.45, 7) is 6.29. The number of benzene rings is 1. The predicted octanol–water partition coefficient (Wildman–Crippen LogP) is 5.26. The maximum atomic E-state index is 6.17. The Morgan fingerprint density at radius 2 is 2.03 bits per heavy atom. The van der Waals surface area contributed by atoms with E-state index < -0.39 is 0 Å². The van der Waals surface area contributed by atoms with Gasteiger partial charge in [-0.1, -0.05) is 53.6 Å². The molecule has 0 unspecified atom stereocenters. The van der Waals surface area contributed by atoms with Gasteiger partial charge in [0.05, 0.1) is 17.0 Å². The molecule has 0 fully saturated rings. The molecular weight excluding hydrogens is 398 g/mol. The fraction of sp³-hybridized carbons (Fsp3) is 0.174. The van der Waals surface area contributed by atoms with Crippen molar-refractivity contribution >= 4 is 24.0 Å². The Morgan fingerprint density at radius 3 is 2.73 bits per heavy atom. The highest BCUT2D eigenvalue weighted by molar-refractivity contribution is 6.29. The van der Waals surface area contributed by atoms with Crippen molar-refractivity contribution in [2.45, 2.75) is 13.3 Å². The molecule has 2 aromatic heterocycles. The number of nitrogens with two attached hydrogens (primary N) is 1. The number of aryl methyl sites for hydroxylation is 1. The summed E-state index contributed by atoms with van der Waals surface area (Å²) in [6.07, 6.45) is 6.26. The van der Waals surface area contributed by atoms with Crippen LogP contribution in [0.15, 0.2) is 71.4 Å². The van der Waals surface area contributed by atoms with Crippen molar-refractivity contribution in [3.63, 3.8) is 0 Å². The first kappa shape index (κ1) is 21.5. The molecule has 3 rings (SSSR count). The number of pyridine rings is 1. The number of rotatable bonds is 8. The monoisotopic (exact) mass is 421 g/mol. The zero-order chi connectivity index (χ0) is 21.5. The smallest absolute Gasteiger partial charge is 0.218 e. The molecule has 0 amide bonds. The van der Waals surface area contributed by atoms with E-state index in [0.717, 1.165) is 23.3 Å². The molecule has 30 heavy (non-hydrogen) atoms. The van der Waals surface area contributed by atoms with E-state index in [2.05, 4.69) is 21.8 Å². The van der Waals surface area contributed by atoms with Gasteiger partial charge in [0.15, 0.2) is 0 Å². The fourth-order valence-electron chi connectivity index (χ4n) is 2.86. The number of hydrogen-bond acceptors (Lipinski definition) is 5. The number of nitrogens with zero attached hydrogens (tertiary/aromatic N) is 4. The minimum Gasteiger partial charge on any atom is -0.438 e. The molecule has 0 saturated carbocycles. The van der Waals surface area contributed by atoms with Gasteiger partial charge in [-0.2, -0.15) is 5.10 Å². The molecule has 2 N–H and O–H groups in total. The summed E-state index contributed by atoms with van der Waals surface area (Å²) in [4.78, 5) is 8.33. The van der Waals surface area contributed by atoms with Crippen molar-refractivity contribution in [3.8, 4) is 22.9 Å². The third-order valence-electron chi connectivity index (χ3n) is 4.46. The molecule has 0 radical (unpaired) electrons. The van der Waals surface area contributed by atoms with Gasteiger partial charge in [0.2, 0.25) is 5.88 Å². The van der Waals surface area contributed by atoms with Crippen LogP contribution in [-0.4, -0.2) is 28.0 Å². The highest BCUT2D eigenvalue weighted by Gasteiger charge is 2.14. The Hall–Kier alpha value is -3.22. The first-order valence-corrected chi connectivity index (χ1v) is 9.87. The minimum atomic E-state index is 0.317. The lowest BCUT2D eigenvalue weighted by Crippen LogP contribution is -1.99. The largest absolute Gasteiger partial charge is 0.438 e. The van der Waals surface area contributed by atoms with Gasteiger partial charge in [0, 0.05) is 30.9 Å². The quantitative estimate of drug-likeness (QED) is 0.305. The van der Waals surface area contributed by atoms with E-state index in [9.17, 15) is 0 Å². The fourth-order valence-corrected chi connectivity index (χ4v) is 3.01. The average Bonchev–Trinajstić information content (AvgIpc) is 3.11. The van der Waals surface area contributed by atoms with Gasteiger partial charge in [0.25, 0.3) is 0 Å². The Balaban J connectivity index is 1.97. The van der Waals surface area contributed by atoms with Crippen LogP contribution in [0.5, 0.6) is 11.6 Å². The maximum absolute atomic E-state index is 6.17. The molecule has 0 aliphatic heterocycles. The summed E-state index contributed by atoms with van der Waals surface area (Å²) in [5.74, 6) is 1.08. The molecule has 0 atom stereocenters. The van der Waals surface area contributed by atoms with Gasteiger partial charge >= 0.3 is 0 Å². The molecule has 2 heterocycles. The van der Waals surface area contributed by atoms with Crippen molar-refractivity contribution in [1.29, 1.82) is 0 Å². The second kappa shape index (κ2) is 10.0.